The summed E-state index contributed by atoms with van der Waals surface area (Å²) in [6.45, 7) is 0. The summed E-state index contributed by atoms with van der Waals surface area (Å²) < 4.78 is 0. The monoisotopic (exact) mass is 199 g/mol. The van der Waals surface area contributed by atoms with Crippen LogP contribution in [0.1, 0.15) is 12.8 Å². The van der Waals surface area contributed by atoms with Crippen LogP contribution in [0.25, 0.3) is 0 Å². The summed E-state index contributed by atoms with van der Waals surface area (Å²) in [5.41, 5.74) is 0.770. The van der Waals surface area contributed by atoms with Gasteiger partial charge in [-0.05, 0) is 12.8 Å². The van der Waals surface area contributed by atoms with Gasteiger partial charge in [0.1, 0.15) is 0 Å². The Balaban J connectivity index is 2.90. The lowest BCUT2D eigenvalue weighted by Gasteiger charge is -2.08. The Bertz CT molecular complexity index is 305. The van der Waals surface area contributed by atoms with Gasteiger partial charge in [-0.15, -0.1) is 0 Å². The lowest BCUT2D eigenvalue weighted by molar-refractivity contribution is 1.02. The topological polar surface area (TPSA) is 23.8 Å². The molecule has 1 rings (SSSR count). The second-order valence-corrected chi connectivity index (χ2v) is 3.18. The zero-order valence-electron chi connectivity index (χ0n) is 6.35. The van der Waals surface area contributed by atoms with E-state index in [-0.39, 0.29) is 0 Å². The summed E-state index contributed by atoms with van der Waals surface area (Å²) in [6, 6.07) is 1.86. The average Bonchev–Trinajstić information content (AvgIpc) is 2.05. The minimum absolute atomic E-state index is 0.415. The predicted octanol–water partition coefficient (Wildman–Crippen LogP) is 3.48. The molecule has 62 valence electrons. The largest absolute Gasteiger partial charge is 0.193 e. The molecular weight excluding hydrogens is 193 g/mol. The van der Waals surface area contributed by atoms with Gasteiger partial charge in [-0.2, -0.15) is 5.26 Å². The summed E-state index contributed by atoms with van der Waals surface area (Å²) in [7, 11) is 0. The first-order chi connectivity index (χ1) is 5.75. The van der Waals surface area contributed by atoms with Gasteiger partial charge in [0.15, 0.2) is 0 Å². The highest BCUT2D eigenvalue weighted by molar-refractivity contribution is 6.38. The number of hydrogen-bond acceptors (Lipinski definition) is 1. The highest BCUT2D eigenvalue weighted by atomic mass is 35.5. The fourth-order valence-corrected chi connectivity index (χ4v) is 1.56. The summed E-state index contributed by atoms with van der Waals surface area (Å²) in [5, 5.41) is 9.41. The van der Waals surface area contributed by atoms with E-state index in [0.29, 0.717) is 10.1 Å². The van der Waals surface area contributed by atoms with Crippen molar-refractivity contribution in [3.05, 3.63) is 33.9 Å². The molecule has 0 aromatic carbocycles. The number of halogens is 2. The van der Waals surface area contributed by atoms with Crippen LogP contribution >= 0.6 is 23.2 Å². The van der Waals surface area contributed by atoms with Crippen LogP contribution in [0.5, 0.6) is 0 Å². The molecule has 0 amide bonds. The van der Waals surface area contributed by atoms with E-state index in [1.807, 2.05) is 18.2 Å². The molecule has 0 bridgehead atoms. The van der Waals surface area contributed by atoms with E-state index in [0.717, 1.165) is 18.4 Å². The number of allylic oxidation sites excluding steroid dienone is 6. The first-order valence-corrected chi connectivity index (χ1v) is 4.33. The molecule has 0 heterocycles. The normalized spacial score (nSPS) is 17.9. The molecule has 0 saturated heterocycles. The Kier molecular flexibility index (Phi) is 3.40. The first kappa shape index (κ1) is 9.38. The molecular formula is C9H7Cl2N. The van der Waals surface area contributed by atoms with Crippen molar-refractivity contribution >= 4 is 23.2 Å². The van der Waals surface area contributed by atoms with Crippen LogP contribution in [-0.4, -0.2) is 0 Å². The van der Waals surface area contributed by atoms with Crippen molar-refractivity contribution in [1.29, 1.82) is 5.26 Å². The van der Waals surface area contributed by atoms with E-state index in [4.69, 9.17) is 28.5 Å². The lowest BCUT2D eigenvalue weighted by atomic mass is 10.1. The van der Waals surface area contributed by atoms with E-state index < -0.39 is 0 Å². The van der Waals surface area contributed by atoms with Crippen LogP contribution in [0, 0.1) is 11.3 Å². The van der Waals surface area contributed by atoms with Crippen molar-refractivity contribution in [1.82, 2.24) is 0 Å². The molecule has 0 N–H and O–H groups in total. The Labute approximate surface area is 81.6 Å². The molecule has 1 aliphatic carbocycles. The molecule has 0 atom stereocenters. The van der Waals surface area contributed by atoms with Crippen LogP contribution in [0.15, 0.2) is 33.9 Å². The number of rotatable bonds is 1. The van der Waals surface area contributed by atoms with E-state index >= 15 is 0 Å². The molecule has 1 nitrogen and oxygen atoms in total. The molecule has 0 radical (unpaired) electrons. The second kappa shape index (κ2) is 4.35. The predicted molar refractivity (Wildman–Crippen MR) is 50.8 cm³/mol. The van der Waals surface area contributed by atoms with Crippen LogP contribution < -0.4 is 0 Å². The molecule has 0 aromatic heterocycles. The molecule has 0 saturated carbocycles. The van der Waals surface area contributed by atoms with Crippen LogP contribution in [0.2, 0.25) is 0 Å². The summed E-state index contributed by atoms with van der Waals surface area (Å²) >= 11 is 11.7. The molecule has 0 aliphatic heterocycles. The van der Waals surface area contributed by atoms with Gasteiger partial charge in [0.2, 0.25) is 0 Å². The molecule has 0 unspecified atom stereocenters. The van der Waals surface area contributed by atoms with Crippen molar-refractivity contribution < 1.29 is 0 Å². The SMILES string of the molecule is N#C/C=C(/Cl)C1=CCCC=C1Cl. The Hall–Kier alpha value is -0.710. The van der Waals surface area contributed by atoms with Crippen molar-refractivity contribution in [2.75, 3.05) is 0 Å². The zero-order valence-corrected chi connectivity index (χ0v) is 7.86. The first-order valence-electron chi connectivity index (χ1n) is 3.57. The maximum atomic E-state index is 8.35. The van der Waals surface area contributed by atoms with Crippen molar-refractivity contribution in [3.8, 4) is 6.07 Å². The standard InChI is InChI=1S/C9H7Cl2N/c10-8-4-2-1-3-7(8)9(11)5-6-12/h3-5H,1-2H2/b9-5+. The minimum atomic E-state index is 0.415. The van der Waals surface area contributed by atoms with E-state index in [2.05, 4.69) is 0 Å². The van der Waals surface area contributed by atoms with Crippen molar-refractivity contribution in [3.63, 3.8) is 0 Å². The second-order valence-electron chi connectivity index (χ2n) is 2.37. The van der Waals surface area contributed by atoms with Gasteiger partial charge in [0.25, 0.3) is 0 Å². The van der Waals surface area contributed by atoms with Gasteiger partial charge in [0.05, 0.1) is 11.1 Å². The fraction of sp³-hybridized carbons (Fsp3) is 0.222. The summed E-state index contributed by atoms with van der Waals surface area (Å²) in [5.74, 6) is 0. The lowest BCUT2D eigenvalue weighted by Crippen LogP contribution is -1.89. The highest BCUT2D eigenvalue weighted by Crippen LogP contribution is 2.29. The Morgan fingerprint density at radius 2 is 2.17 bits per heavy atom. The van der Waals surface area contributed by atoms with Crippen molar-refractivity contribution in [2.24, 2.45) is 0 Å². The molecule has 3 heteroatoms. The number of hydrogen-bond donors (Lipinski definition) is 0. The van der Waals surface area contributed by atoms with Gasteiger partial charge in [-0.3, -0.25) is 0 Å². The van der Waals surface area contributed by atoms with E-state index in [1.165, 1.54) is 6.08 Å². The molecule has 1 aliphatic rings. The summed E-state index contributed by atoms with van der Waals surface area (Å²) in [4.78, 5) is 0. The van der Waals surface area contributed by atoms with Gasteiger partial charge in [-0.1, -0.05) is 35.4 Å². The fourth-order valence-electron chi connectivity index (χ4n) is 0.991. The summed E-state index contributed by atoms with van der Waals surface area (Å²) in [6.07, 6.45) is 7.01. The van der Waals surface area contributed by atoms with Crippen molar-refractivity contribution in [2.45, 2.75) is 12.8 Å². The van der Waals surface area contributed by atoms with Gasteiger partial charge >= 0.3 is 0 Å². The average molecular weight is 200 g/mol. The van der Waals surface area contributed by atoms with Gasteiger partial charge < -0.3 is 0 Å². The molecule has 0 aromatic rings. The third kappa shape index (κ3) is 2.14. The quantitative estimate of drug-likeness (QED) is 0.594. The Morgan fingerprint density at radius 1 is 1.50 bits per heavy atom. The Morgan fingerprint density at radius 3 is 2.75 bits per heavy atom. The van der Waals surface area contributed by atoms with E-state index in [9.17, 15) is 0 Å². The zero-order chi connectivity index (χ0) is 8.97. The van der Waals surface area contributed by atoms with Crippen LogP contribution in [-0.2, 0) is 0 Å². The molecule has 0 fully saturated rings. The molecule has 12 heavy (non-hydrogen) atoms. The smallest absolute Gasteiger partial charge is 0.0927 e. The maximum Gasteiger partial charge on any atom is 0.0927 e. The third-order valence-electron chi connectivity index (χ3n) is 1.54. The van der Waals surface area contributed by atoms with E-state index in [1.54, 1.807) is 0 Å². The number of nitriles is 1. The van der Waals surface area contributed by atoms with Crippen LogP contribution in [0.3, 0.4) is 0 Å². The maximum absolute atomic E-state index is 8.35. The van der Waals surface area contributed by atoms with Gasteiger partial charge in [0, 0.05) is 16.7 Å². The third-order valence-corrected chi connectivity index (χ3v) is 2.22. The van der Waals surface area contributed by atoms with Gasteiger partial charge in [-0.25, -0.2) is 0 Å². The van der Waals surface area contributed by atoms with Crippen LogP contribution in [0.4, 0.5) is 0 Å². The number of nitrogens with zero attached hydrogens (tertiary/aromatic N) is 1. The highest BCUT2D eigenvalue weighted by Gasteiger charge is 2.09. The molecule has 0 spiro atoms. The minimum Gasteiger partial charge on any atom is -0.193 e.